The largest absolute Gasteiger partial charge is 0.469 e. The van der Waals surface area contributed by atoms with Crippen LogP contribution in [0.5, 0.6) is 0 Å². The fourth-order valence-electron chi connectivity index (χ4n) is 1.69. The van der Waals surface area contributed by atoms with Crippen LogP contribution in [0.15, 0.2) is 36.7 Å². The Kier molecular flexibility index (Phi) is 3.62. The number of nitrogens with two attached hydrogens (primary N) is 1. The van der Waals surface area contributed by atoms with E-state index in [9.17, 15) is 4.79 Å². The van der Waals surface area contributed by atoms with Crippen molar-refractivity contribution in [3.8, 4) is 11.1 Å². The molecule has 0 radical (unpaired) electrons. The number of esters is 1. The highest BCUT2D eigenvalue weighted by molar-refractivity contribution is 5.75. The van der Waals surface area contributed by atoms with Gasteiger partial charge in [-0.25, -0.2) is 0 Å². The molecule has 0 bridgehead atoms. The van der Waals surface area contributed by atoms with Crippen LogP contribution >= 0.6 is 0 Å². The van der Waals surface area contributed by atoms with Gasteiger partial charge in [0.1, 0.15) is 0 Å². The number of nitrogen functional groups attached to an aromatic ring is 1. The van der Waals surface area contributed by atoms with E-state index in [1.165, 1.54) is 7.11 Å². The molecule has 2 N–H and O–H groups in total. The normalized spacial score (nSPS) is 10.3. The summed E-state index contributed by atoms with van der Waals surface area (Å²) in [6.45, 7) is 0.499. The van der Waals surface area contributed by atoms with Gasteiger partial charge in [-0.2, -0.15) is 5.10 Å². The lowest BCUT2D eigenvalue weighted by Gasteiger charge is -2.02. The first kappa shape index (κ1) is 12.2. The standard InChI is InChI=1S/C13H15N3O2/c1-18-13(17)6-7-16-9-10(8-15-16)11-4-2-3-5-12(11)14/h2-5,8-9H,6-7,14H2,1H3. The molecular weight excluding hydrogens is 230 g/mol. The molecule has 0 aliphatic heterocycles. The van der Waals surface area contributed by atoms with E-state index in [1.54, 1.807) is 10.9 Å². The molecule has 1 aromatic carbocycles. The summed E-state index contributed by atoms with van der Waals surface area (Å²) in [6.07, 6.45) is 3.92. The van der Waals surface area contributed by atoms with Crippen molar-refractivity contribution in [2.45, 2.75) is 13.0 Å². The van der Waals surface area contributed by atoms with Crippen LogP contribution in [0.3, 0.4) is 0 Å². The number of benzene rings is 1. The first-order valence-corrected chi connectivity index (χ1v) is 5.65. The first-order chi connectivity index (χ1) is 8.70. The maximum atomic E-state index is 11.0. The van der Waals surface area contributed by atoms with Gasteiger partial charge in [0, 0.05) is 23.0 Å². The summed E-state index contributed by atoms with van der Waals surface area (Å²) >= 11 is 0. The van der Waals surface area contributed by atoms with Crippen molar-refractivity contribution in [1.82, 2.24) is 9.78 Å². The number of methoxy groups -OCH3 is 1. The van der Waals surface area contributed by atoms with Crippen molar-refractivity contribution in [3.63, 3.8) is 0 Å². The highest BCUT2D eigenvalue weighted by Crippen LogP contribution is 2.24. The van der Waals surface area contributed by atoms with Gasteiger partial charge in [-0.05, 0) is 6.07 Å². The summed E-state index contributed by atoms with van der Waals surface area (Å²) in [7, 11) is 1.38. The number of carbonyl (C=O) groups excluding carboxylic acids is 1. The number of aromatic nitrogens is 2. The Bertz CT molecular complexity index is 549. The van der Waals surface area contributed by atoms with Crippen molar-refractivity contribution in [1.29, 1.82) is 0 Å². The number of hydrogen-bond donors (Lipinski definition) is 1. The Hall–Kier alpha value is -2.30. The molecule has 0 atom stereocenters. The number of rotatable bonds is 4. The zero-order chi connectivity index (χ0) is 13.0. The third-order valence-corrected chi connectivity index (χ3v) is 2.68. The lowest BCUT2D eigenvalue weighted by Crippen LogP contribution is -2.07. The molecule has 0 aliphatic carbocycles. The summed E-state index contributed by atoms with van der Waals surface area (Å²) in [6, 6.07) is 7.61. The van der Waals surface area contributed by atoms with Crippen LogP contribution in [-0.2, 0) is 16.1 Å². The molecule has 2 rings (SSSR count). The second kappa shape index (κ2) is 5.35. The molecule has 0 spiro atoms. The van der Waals surface area contributed by atoms with E-state index in [4.69, 9.17) is 5.73 Å². The second-order valence-electron chi connectivity index (χ2n) is 3.91. The van der Waals surface area contributed by atoms with Crippen LogP contribution < -0.4 is 5.73 Å². The molecule has 0 amide bonds. The number of para-hydroxylation sites is 1. The topological polar surface area (TPSA) is 70.1 Å². The third-order valence-electron chi connectivity index (χ3n) is 2.68. The molecule has 0 saturated heterocycles. The maximum Gasteiger partial charge on any atom is 0.307 e. The van der Waals surface area contributed by atoms with Crippen molar-refractivity contribution in [2.24, 2.45) is 0 Å². The number of anilines is 1. The van der Waals surface area contributed by atoms with E-state index in [-0.39, 0.29) is 5.97 Å². The zero-order valence-corrected chi connectivity index (χ0v) is 10.2. The summed E-state index contributed by atoms with van der Waals surface area (Å²) < 4.78 is 6.29. The number of ether oxygens (including phenoxy) is 1. The summed E-state index contributed by atoms with van der Waals surface area (Å²) in [4.78, 5) is 11.0. The molecule has 94 valence electrons. The summed E-state index contributed by atoms with van der Waals surface area (Å²) in [5, 5.41) is 4.19. The van der Waals surface area contributed by atoms with Crippen molar-refractivity contribution in [2.75, 3.05) is 12.8 Å². The average Bonchev–Trinajstić information content (AvgIpc) is 2.85. The van der Waals surface area contributed by atoms with E-state index in [0.29, 0.717) is 18.7 Å². The highest BCUT2D eigenvalue weighted by Gasteiger charge is 2.06. The average molecular weight is 245 g/mol. The van der Waals surface area contributed by atoms with Crippen LogP contribution in [0.25, 0.3) is 11.1 Å². The van der Waals surface area contributed by atoms with Gasteiger partial charge >= 0.3 is 5.97 Å². The minimum Gasteiger partial charge on any atom is -0.469 e. The number of aryl methyl sites for hydroxylation is 1. The number of nitrogens with zero attached hydrogens (tertiary/aromatic N) is 2. The van der Waals surface area contributed by atoms with Gasteiger partial charge in [0.15, 0.2) is 0 Å². The molecule has 1 aromatic heterocycles. The van der Waals surface area contributed by atoms with Crippen molar-refractivity contribution >= 4 is 11.7 Å². The van der Waals surface area contributed by atoms with Crippen LogP contribution in [-0.4, -0.2) is 22.9 Å². The Morgan fingerprint density at radius 2 is 2.22 bits per heavy atom. The molecule has 18 heavy (non-hydrogen) atoms. The van der Waals surface area contributed by atoms with Crippen LogP contribution in [0, 0.1) is 0 Å². The lowest BCUT2D eigenvalue weighted by molar-refractivity contribution is -0.140. The zero-order valence-electron chi connectivity index (χ0n) is 10.2. The molecule has 0 saturated carbocycles. The molecule has 0 unspecified atom stereocenters. The fourth-order valence-corrected chi connectivity index (χ4v) is 1.69. The highest BCUT2D eigenvalue weighted by atomic mass is 16.5. The van der Waals surface area contributed by atoms with E-state index >= 15 is 0 Å². The van der Waals surface area contributed by atoms with Gasteiger partial charge in [-0.3, -0.25) is 9.48 Å². The van der Waals surface area contributed by atoms with Gasteiger partial charge in [0.05, 0.1) is 26.3 Å². The molecule has 5 heteroatoms. The molecule has 2 aromatic rings. The van der Waals surface area contributed by atoms with Crippen molar-refractivity contribution in [3.05, 3.63) is 36.7 Å². The van der Waals surface area contributed by atoms with Crippen LogP contribution in [0.1, 0.15) is 6.42 Å². The van der Waals surface area contributed by atoms with Gasteiger partial charge < -0.3 is 10.5 Å². The third kappa shape index (κ3) is 2.68. The Morgan fingerprint density at radius 1 is 1.44 bits per heavy atom. The van der Waals surface area contributed by atoms with E-state index < -0.39 is 0 Å². The monoisotopic (exact) mass is 245 g/mol. The van der Waals surface area contributed by atoms with Crippen LogP contribution in [0.2, 0.25) is 0 Å². The Balaban J connectivity index is 2.11. The summed E-state index contributed by atoms with van der Waals surface area (Å²) in [5.41, 5.74) is 8.50. The number of hydrogen-bond acceptors (Lipinski definition) is 4. The minimum atomic E-state index is -0.244. The van der Waals surface area contributed by atoms with Gasteiger partial charge in [-0.15, -0.1) is 0 Å². The predicted octanol–water partition coefficient (Wildman–Crippen LogP) is 1.70. The number of carbonyl (C=O) groups is 1. The van der Waals surface area contributed by atoms with Gasteiger partial charge in [0.25, 0.3) is 0 Å². The fraction of sp³-hybridized carbons (Fsp3) is 0.231. The molecule has 1 heterocycles. The molecule has 5 nitrogen and oxygen atoms in total. The second-order valence-corrected chi connectivity index (χ2v) is 3.91. The SMILES string of the molecule is COC(=O)CCn1cc(-c2ccccc2N)cn1. The van der Waals surface area contributed by atoms with E-state index in [2.05, 4.69) is 9.84 Å². The maximum absolute atomic E-state index is 11.0. The smallest absolute Gasteiger partial charge is 0.307 e. The van der Waals surface area contributed by atoms with Crippen molar-refractivity contribution < 1.29 is 9.53 Å². The molecular formula is C13H15N3O2. The van der Waals surface area contributed by atoms with Gasteiger partial charge in [-0.1, -0.05) is 18.2 Å². The van der Waals surface area contributed by atoms with E-state index in [0.717, 1.165) is 11.1 Å². The predicted molar refractivity (Wildman–Crippen MR) is 68.7 cm³/mol. The van der Waals surface area contributed by atoms with Gasteiger partial charge in [0.2, 0.25) is 0 Å². The lowest BCUT2D eigenvalue weighted by atomic mass is 10.1. The minimum absolute atomic E-state index is 0.244. The molecule has 0 aliphatic rings. The quantitative estimate of drug-likeness (QED) is 0.657. The summed E-state index contributed by atoms with van der Waals surface area (Å²) in [5.74, 6) is -0.244. The van der Waals surface area contributed by atoms with Crippen LogP contribution in [0.4, 0.5) is 5.69 Å². The van der Waals surface area contributed by atoms with E-state index in [1.807, 2.05) is 30.5 Å². The first-order valence-electron chi connectivity index (χ1n) is 5.65. The Labute approximate surface area is 105 Å². The Morgan fingerprint density at radius 3 is 2.94 bits per heavy atom. The molecule has 0 fully saturated rings.